The summed E-state index contributed by atoms with van der Waals surface area (Å²) < 4.78 is 2.03. The number of hydrogen-bond donors (Lipinski definition) is 1. The summed E-state index contributed by atoms with van der Waals surface area (Å²) in [4.78, 5) is 28.5. The molecule has 1 aliphatic rings. The van der Waals surface area contributed by atoms with Gasteiger partial charge in [0.15, 0.2) is 0 Å². The lowest BCUT2D eigenvalue weighted by atomic mass is 10.1. The molecular formula is C15H22N6O. The first-order valence-corrected chi connectivity index (χ1v) is 7.62. The number of likely N-dealkylation sites (N-methyl/N-ethyl adjacent to an activating group) is 1. The fourth-order valence-corrected chi connectivity index (χ4v) is 3.03. The molecule has 2 aromatic heterocycles. The third kappa shape index (κ3) is 2.64. The largest absolute Gasteiger partial charge is 0.338 e. The highest BCUT2D eigenvalue weighted by atomic mass is 16.2. The Morgan fingerprint density at radius 2 is 2.23 bits per heavy atom. The van der Waals surface area contributed by atoms with Gasteiger partial charge in [-0.2, -0.15) is 0 Å². The predicted octanol–water partition coefficient (Wildman–Crippen LogP) is 0.971. The molecule has 1 saturated heterocycles. The van der Waals surface area contributed by atoms with Crippen molar-refractivity contribution < 1.29 is 4.79 Å². The van der Waals surface area contributed by atoms with Crippen LogP contribution in [0.5, 0.6) is 0 Å². The van der Waals surface area contributed by atoms with Gasteiger partial charge < -0.3 is 14.5 Å². The molecule has 118 valence electrons. The van der Waals surface area contributed by atoms with Gasteiger partial charge in [-0.25, -0.2) is 9.97 Å². The number of H-pyrrole nitrogens is 1. The molecule has 1 N–H and O–H groups in total. The maximum absolute atomic E-state index is 12.6. The highest BCUT2D eigenvalue weighted by Crippen LogP contribution is 2.24. The first-order valence-electron chi connectivity index (χ1n) is 7.62. The van der Waals surface area contributed by atoms with Gasteiger partial charge in [-0.05, 0) is 13.5 Å². The molecule has 3 heterocycles. The van der Waals surface area contributed by atoms with Crippen LogP contribution in [-0.4, -0.2) is 61.4 Å². The quantitative estimate of drug-likeness (QED) is 0.917. The van der Waals surface area contributed by atoms with Crippen molar-refractivity contribution in [3.63, 3.8) is 0 Å². The molecule has 0 radical (unpaired) electrons. The molecule has 0 aromatic carbocycles. The lowest BCUT2D eigenvalue weighted by Gasteiger charge is -2.40. The van der Waals surface area contributed by atoms with Crippen molar-refractivity contribution in [2.75, 3.05) is 26.2 Å². The number of imidazole rings is 2. The fraction of sp³-hybridized carbons (Fsp3) is 0.533. The number of carbonyl (C=O) groups is 1. The molecule has 1 atom stereocenters. The van der Waals surface area contributed by atoms with Gasteiger partial charge >= 0.3 is 0 Å². The lowest BCUT2D eigenvalue weighted by Crippen LogP contribution is -2.51. The Balaban J connectivity index is 1.81. The Bertz CT molecular complexity index is 661. The second-order valence-electron chi connectivity index (χ2n) is 5.67. The molecule has 22 heavy (non-hydrogen) atoms. The first-order chi connectivity index (χ1) is 10.6. The van der Waals surface area contributed by atoms with Crippen molar-refractivity contribution in [2.24, 2.45) is 7.05 Å². The molecule has 3 rings (SSSR count). The van der Waals surface area contributed by atoms with Gasteiger partial charge in [-0.3, -0.25) is 9.69 Å². The zero-order chi connectivity index (χ0) is 15.7. The Labute approximate surface area is 130 Å². The SMILES string of the molecule is CCN1CCN(C(=O)c2cnc(C)[nH]2)CC1c1nccn1C. The smallest absolute Gasteiger partial charge is 0.272 e. The van der Waals surface area contributed by atoms with E-state index >= 15 is 0 Å². The molecule has 7 heteroatoms. The van der Waals surface area contributed by atoms with Crippen LogP contribution in [0, 0.1) is 6.92 Å². The minimum atomic E-state index is 0.00978. The number of carbonyl (C=O) groups excluding carboxylic acids is 1. The highest BCUT2D eigenvalue weighted by molar-refractivity contribution is 5.92. The zero-order valence-corrected chi connectivity index (χ0v) is 13.3. The molecule has 1 aliphatic heterocycles. The van der Waals surface area contributed by atoms with Crippen molar-refractivity contribution in [3.05, 3.63) is 35.9 Å². The average molecular weight is 302 g/mol. The maximum atomic E-state index is 12.6. The van der Waals surface area contributed by atoms with Crippen LogP contribution >= 0.6 is 0 Å². The third-order valence-electron chi connectivity index (χ3n) is 4.27. The van der Waals surface area contributed by atoms with Crippen LogP contribution in [0.2, 0.25) is 0 Å². The number of aromatic amines is 1. The Hall–Kier alpha value is -2.15. The summed E-state index contributed by atoms with van der Waals surface area (Å²) in [5.74, 6) is 1.77. The topological polar surface area (TPSA) is 70.1 Å². The Morgan fingerprint density at radius 3 is 2.82 bits per heavy atom. The van der Waals surface area contributed by atoms with Crippen LogP contribution in [-0.2, 0) is 7.05 Å². The van der Waals surface area contributed by atoms with Crippen LogP contribution in [0.3, 0.4) is 0 Å². The number of rotatable bonds is 3. The van der Waals surface area contributed by atoms with E-state index in [0.717, 1.165) is 31.3 Å². The van der Waals surface area contributed by atoms with Crippen molar-refractivity contribution >= 4 is 5.91 Å². The average Bonchev–Trinajstić information content (AvgIpc) is 3.14. The molecule has 1 amide bonds. The van der Waals surface area contributed by atoms with E-state index in [1.165, 1.54) is 0 Å². The number of piperazine rings is 1. The van der Waals surface area contributed by atoms with Gasteiger partial charge in [0.25, 0.3) is 5.91 Å². The number of aromatic nitrogens is 4. The second kappa shape index (κ2) is 5.92. The summed E-state index contributed by atoms with van der Waals surface area (Å²) in [6.07, 6.45) is 5.37. The number of nitrogens with one attached hydrogen (secondary N) is 1. The molecule has 0 spiro atoms. The van der Waals surface area contributed by atoms with Crippen LogP contribution in [0.15, 0.2) is 18.6 Å². The Morgan fingerprint density at radius 1 is 1.41 bits per heavy atom. The van der Waals surface area contributed by atoms with Crippen molar-refractivity contribution in [1.29, 1.82) is 0 Å². The van der Waals surface area contributed by atoms with E-state index in [4.69, 9.17) is 0 Å². The van der Waals surface area contributed by atoms with Gasteiger partial charge in [0.2, 0.25) is 0 Å². The van der Waals surface area contributed by atoms with Crippen molar-refractivity contribution in [2.45, 2.75) is 19.9 Å². The monoisotopic (exact) mass is 302 g/mol. The van der Waals surface area contributed by atoms with Gasteiger partial charge in [-0.15, -0.1) is 0 Å². The molecule has 0 aliphatic carbocycles. The molecule has 1 unspecified atom stereocenters. The van der Waals surface area contributed by atoms with E-state index in [-0.39, 0.29) is 11.9 Å². The zero-order valence-electron chi connectivity index (χ0n) is 13.3. The maximum Gasteiger partial charge on any atom is 0.272 e. The summed E-state index contributed by atoms with van der Waals surface area (Å²) in [6.45, 7) is 7.17. The van der Waals surface area contributed by atoms with Gasteiger partial charge in [0.05, 0.1) is 12.2 Å². The number of aryl methyl sites for hydroxylation is 2. The van der Waals surface area contributed by atoms with Crippen LogP contribution < -0.4 is 0 Å². The van der Waals surface area contributed by atoms with Gasteiger partial charge in [0, 0.05) is 39.1 Å². The lowest BCUT2D eigenvalue weighted by molar-refractivity contribution is 0.0468. The minimum Gasteiger partial charge on any atom is -0.338 e. The van der Waals surface area contributed by atoms with E-state index < -0.39 is 0 Å². The van der Waals surface area contributed by atoms with E-state index in [9.17, 15) is 4.79 Å². The summed E-state index contributed by atoms with van der Waals surface area (Å²) in [6, 6.07) is 0.131. The third-order valence-corrected chi connectivity index (χ3v) is 4.27. The second-order valence-corrected chi connectivity index (χ2v) is 5.67. The van der Waals surface area contributed by atoms with Crippen molar-refractivity contribution in [3.8, 4) is 0 Å². The van der Waals surface area contributed by atoms with Gasteiger partial charge in [-0.1, -0.05) is 6.92 Å². The van der Waals surface area contributed by atoms with E-state index in [1.54, 1.807) is 6.20 Å². The molecule has 7 nitrogen and oxygen atoms in total. The highest BCUT2D eigenvalue weighted by Gasteiger charge is 2.32. The summed E-state index contributed by atoms with van der Waals surface area (Å²) in [5, 5.41) is 0. The fourth-order valence-electron chi connectivity index (χ4n) is 3.03. The normalized spacial score (nSPS) is 19.6. The Kier molecular flexibility index (Phi) is 3.98. The number of hydrogen-bond acceptors (Lipinski definition) is 4. The van der Waals surface area contributed by atoms with Crippen LogP contribution in [0.1, 0.15) is 35.1 Å². The summed E-state index contributed by atoms with van der Waals surface area (Å²) >= 11 is 0. The minimum absolute atomic E-state index is 0.00978. The molecule has 0 bridgehead atoms. The van der Waals surface area contributed by atoms with Gasteiger partial charge in [0.1, 0.15) is 17.3 Å². The number of nitrogens with zero attached hydrogens (tertiary/aromatic N) is 5. The predicted molar refractivity (Wildman–Crippen MR) is 82.4 cm³/mol. The summed E-state index contributed by atoms with van der Waals surface area (Å²) in [5.41, 5.74) is 0.557. The van der Waals surface area contributed by atoms with E-state index in [2.05, 4.69) is 26.8 Å². The molecular weight excluding hydrogens is 280 g/mol. The van der Waals surface area contributed by atoms with Crippen LogP contribution in [0.25, 0.3) is 0 Å². The van der Waals surface area contributed by atoms with Crippen molar-refractivity contribution in [1.82, 2.24) is 29.3 Å². The van der Waals surface area contributed by atoms with E-state index in [0.29, 0.717) is 12.2 Å². The van der Waals surface area contributed by atoms with Crippen LogP contribution in [0.4, 0.5) is 0 Å². The molecule has 2 aromatic rings. The molecule has 0 saturated carbocycles. The number of amides is 1. The molecule has 1 fully saturated rings. The first kappa shape index (κ1) is 14.8. The standard InChI is InChI=1S/C15H22N6O/c1-4-20-7-8-21(15(22)12-9-17-11(2)18-12)10-13(20)14-16-5-6-19(14)3/h5-6,9,13H,4,7-8,10H2,1-3H3,(H,17,18). The van der Waals surface area contributed by atoms with E-state index in [1.807, 2.05) is 35.8 Å². The summed E-state index contributed by atoms with van der Waals surface area (Å²) in [7, 11) is 2.00.